The molecule has 0 fully saturated rings. The third kappa shape index (κ3) is 2.50. The molecular formula is C13H15F2N3. The van der Waals surface area contributed by atoms with Crippen LogP contribution in [0.4, 0.5) is 14.5 Å². The molecule has 2 aromatic rings. The molecule has 0 atom stereocenters. The van der Waals surface area contributed by atoms with E-state index < -0.39 is 11.6 Å². The second-order valence-electron chi connectivity index (χ2n) is 4.70. The topological polar surface area (TPSA) is 43.8 Å². The number of rotatable bonds is 3. The predicted molar refractivity (Wildman–Crippen MR) is 66.8 cm³/mol. The second kappa shape index (κ2) is 4.76. The molecule has 2 N–H and O–H groups in total. The van der Waals surface area contributed by atoms with Crippen LogP contribution in [0.25, 0.3) is 11.1 Å². The molecule has 0 aliphatic rings. The van der Waals surface area contributed by atoms with Gasteiger partial charge in [-0.25, -0.2) is 8.78 Å². The molecule has 0 saturated heterocycles. The summed E-state index contributed by atoms with van der Waals surface area (Å²) in [6, 6.07) is 2.09. The molecule has 0 amide bonds. The molecule has 1 aromatic heterocycles. The van der Waals surface area contributed by atoms with Crippen LogP contribution in [0.3, 0.4) is 0 Å². The number of anilines is 1. The number of hydrogen-bond donors (Lipinski definition) is 1. The normalized spacial score (nSPS) is 11.2. The first-order valence-electron chi connectivity index (χ1n) is 5.74. The zero-order chi connectivity index (χ0) is 13.3. The van der Waals surface area contributed by atoms with E-state index in [0.29, 0.717) is 11.5 Å². The molecular weight excluding hydrogens is 236 g/mol. The van der Waals surface area contributed by atoms with Crippen molar-refractivity contribution in [1.82, 2.24) is 9.78 Å². The van der Waals surface area contributed by atoms with E-state index in [0.717, 1.165) is 18.7 Å². The standard InChI is InChI=1S/C13H15F2N3/c1-8(2)6-18-7-9(5-17-18)10-3-12(15)13(16)4-11(10)14/h3-5,7-8H,6,16H2,1-2H3. The molecule has 0 aliphatic carbocycles. The summed E-state index contributed by atoms with van der Waals surface area (Å²) in [6.45, 7) is 4.86. The van der Waals surface area contributed by atoms with Gasteiger partial charge in [-0.05, 0) is 12.0 Å². The lowest BCUT2D eigenvalue weighted by molar-refractivity contribution is 0.483. The summed E-state index contributed by atoms with van der Waals surface area (Å²) in [4.78, 5) is 0. The number of nitrogens with two attached hydrogens (primary N) is 1. The quantitative estimate of drug-likeness (QED) is 0.852. The van der Waals surface area contributed by atoms with E-state index in [1.807, 2.05) is 0 Å². The Morgan fingerprint density at radius 1 is 1.28 bits per heavy atom. The SMILES string of the molecule is CC(C)Cn1cc(-c2cc(F)c(N)cc2F)cn1. The van der Waals surface area contributed by atoms with E-state index in [1.165, 1.54) is 6.20 Å². The minimum Gasteiger partial charge on any atom is -0.396 e. The summed E-state index contributed by atoms with van der Waals surface area (Å²) in [7, 11) is 0. The molecule has 1 heterocycles. The molecule has 2 rings (SSSR count). The molecule has 0 bridgehead atoms. The molecule has 0 unspecified atom stereocenters. The first-order valence-corrected chi connectivity index (χ1v) is 5.74. The van der Waals surface area contributed by atoms with Crippen molar-refractivity contribution in [3.63, 3.8) is 0 Å². The molecule has 5 heteroatoms. The van der Waals surface area contributed by atoms with Crippen molar-refractivity contribution in [2.24, 2.45) is 5.92 Å². The van der Waals surface area contributed by atoms with Gasteiger partial charge in [0.25, 0.3) is 0 Å². The van der Waals surface area contributed by atoms with Crippen LogP contribution in [0, 0.1) is 17.6 Å². The molecule has 0 spiro atoms. The van der Waals surface area contributed by atoms with Crippen molar-refractivity contribution < 1.29 is 8.78 Å². The summed E-state index contributed by atoms with van der Waals surface area (Å²) in [5.74, 6) is -0.730. The van der Waals surface area contributed by atoms with Gasteiger partial charge in [-0.2, -0.15) is 5.10 Å². The molecule has 0 aliphatic heterocycles. The molecule has 18 heavy (non-hydrogen) atoms. The maximum Gasteiger partial charge on any atom is 0.146 e. The Bertz CT molecular complexity index is 561. The summed E-state index contributed by atoms with van der Waals surface area (Å²) in [5, 5.41) is 4.12. The highest BCUT2D eigenvalue weighted by Crippen LogP contribution is 2.26. The van der Waals surface area contributed by atoms with E-state index in [9.17, 15) is 8.78 Å². The van der Waals surface area contributed by atoms with Gasteiger partial charge in [-0.3, -0.25) is 4.68 Å². The summed E-state index contributed by atoms with van der Waals surface area (Å²) >= 11 is 0. The van der Waals surface area contributed by atoms with Crippen molar-refractivity contribution in [3.05, 3.63) is 36.2 Å². The second-order valence-corrected chi connectivity index (χ2v) is 4.70. The van der Waals surface area contributed by atoms with Crippen molar-refractivity contribution >= 4 is 5.69 Å². The predicted octanol–water partition coefficient (Wildman–Crippen LogP) is 3.07. The van der Waals surface area contributed by atoms with Crippen LogP contribution in [-0.4, -0.2) is 9.78 Å². The Hall–Kier alpha value is -1.91. The van der Waals surface area contributed by atoms with Crippen LogP contribution in [0.1, 0.15) is 13.8 Å². The van der Waals surface area contributed by atoms with Gasteiger partial charge in [-0.1, -0.05) is 13.8 Å². The minimum absolute atomic E-state index is 0.178. The lowest BCUT2D eigenvalue weighted by Crippen LogP contribution is -2.04. The van der Waals surface area contributed by atoms with Gasteiger partial charge in [0.15, 0.2) is 0 Å². The average Bonchev–Trinajstić information content (AvgIpc) is 2.70. The van der Waals surface area contributed by atoms with Crippen LogP contribution in [0.5, 0.6) is 0 Å². The van der Waals surface area contributed by atoms with Gasteiger partial charge in [0.2, 0.25) is 0 Å². The largest absolute Gasteiger partial charge is 0.396 e. The van der Waals surface area contributed by atoms with Gasteiger partial charge in [0.1, 0.15) is 11.6 Å². The third-order valence-electron chi connectivity index (χ3n) is 2.58. The zero-order valence-electron chi connectivity index (χ0n) is 10.3. The fourth-order valence-electron chi connectivity index (χ4n) is 1.76. The van der Waals surface area contributed by atoms with E-state index in [1.54, 1.807) is 10.9 Å². The Kier molecular flexibility index (Phi) is 3.32. The molecule has 0 radical (unpaired) electrons. The maximum absolute atomic E-state index is 13.7. The lowest BCUT2D eigenvalue weighted by Gasteiger charge is -2.04. The number of aromatic nitrogens is 2. The minimum atomic E-state index is -0.622. The monoisotopic (exact) mass is 251 g/mol. The fraction of sp³-hybridized carbons (Fsp3) is 0.308. The summed E-state index contributed by atoms with van der Waals surface area (Å²) < 4.78 is 28.8. The molecule has 0 saturated carbocycles. The van der Waals surface area contributed by atoms with Gasteiger partial charge < -0.3 is 5.73 Å². The fourth-order valence-corrected chi connectivity index (χ4v) is 1.76. The number of nitrogen functional groups attached to an aromatic ring is 1. The van der Waals surface area contributed by atoms with Crippen molar-refractivity contribution in [2.75, 3.05) is 5.73 Å². The summed E-state index contributed by atoms with van der Waals surface area (Å²) in [5.41, 5.74) is 5.84. The Morgan fingerprint density at radius 2 is 2.00 bits per heavy atom. The Labute approximate surface area is 104 Å². The third-order valence-corrected chi connectivity index (χ3v) is 2.58. The Morgan fingerprint density at radius 3 is 2.67 bits per heavy atom. The van der Waals surface area contributed by atoms with Gasteiger partial charge in [0, 0.05) is 29.9 Å². The average molecular weight is 251 g/mol. The van der Waals surface area contributed by atoms with Crippen molar-refractivity contribution in [3.8, 4) is 11.1 Å². The van der Waals surface area contributed by atoms with Crippen LogP contribution < -0.4 is 5.73 Å². The highest BCUT2D eigenvalue weighted by atomic mass is 19.1. The van der Waals surface area contributed by atoms with E-state index in [-0.39, 0.29) is 11.3 Å². The number of nitrogens with zero attached hydrogens (tertiary/aromatic N) is 2. The molecule has 96 valence electrons. The van der Waals surface area contributed by atoms with Crippen molar-refractivity contribution in [1.29, 1.82) is 0 Å². The number of halogens is 2. The molecule has 3 nitrogen and oxygen atoms in total. The van der Waals surface area contributed by atoms with E-state index >= 15 is 0 Å². The Balaban J connectivity index is 2.37. The van der Waals surface area contributed by atoms with Crippen LogP contribution >= 0.6 is 0 Å². The lowest BCUT2D eigenvalue weighted by atomic mass is 10.1. The first kappa shape index (κ1) is 12.5. The molecule has 1 aromatic carbocycles. The summed E-state index contributed by atoms with van der Waals surface area (Å²) in [6.07, 6.45) is 3.23. The van der Waals surface area contributed by atoms with Gasteiger partial charge in [-0.15, -0.1) is 0 Å². The van der Waals surface area contributed by atoms with Crippen LogP contribution in [0.15, 0.2) is 24.5 Å². The van der Waals surface area contributed by atoms with Crippen LogP contribution in [0.2, 0.25) is 0 Å². The zero-order valence-corrected chi connectivity index (χ0v) is 10.3. The highest BCUT2D eigenvalue weighted by molar-refractivity contribution is 5.65. The maximum atomic E-state index is 13.7. The number of benzene rings is 1. The smallest absolute Gasteiger partial charge is 0.146 e. The highest BCUT2D eigenvalue weighted by Gasteiger charge is 2.11. The van der Waals surface area contributed by atoms with Gasteiger partial charge >= 0.3 is 0 Å². The van der Waals surface area contributed by atoms with E-state index in [2.05, 4.69) is 18.9 Å². The van der Waals surface area contributed by atoms with E-state index in [4.69, 9.17) is 5.73 Å². The first-order chi connectivity index (χ1) is 8.47. The van der Waals surface area contributed by atoms with Crippen LogP contribution in [-0.2, 0) is 6.54 Å². The van der Waals surface area contributed by atoms with Crippen molar-refractivity contribution in [2.45, 2.75) is 20.4 Å². The van der Waals surface area contributed by atoms with Gasteiger partial charge in [0.05, 0.1) is 11.9 Å². The number of hydrogen-bond acceptors (Lipinski definition) is 2.